The first-order valence-corrected chi connectivity index (χ1v) is 12.0. The number of anilines is 1. The van der Waals surface area contributed by atoms with Gasteiger partial charge in [-0.1, -0.05) is 6.07 Å². The van der Waals surface area contributed by atoms with Gasteiger partial charge in [0.2, 0.25) is 0 Å². The third kappa shape index (κ3) is 4.93. The first-order valence-electron chi connectivity index (χ1n) is 10.5. The number of hydrogen-bond acceptors (Lipinski definition) is 5. The number of halogens is 1. The average molecular weight is 461 g/mol. The molecule has 1 atom stereocenters. The molecular weight excluding hydrogens is 435 g/mol. The van der Waals surface area contributed by atoms with Crippen LogP contribution in [-0.4, -0.2) is 54.0 Å². The maximum Gasteiger partial charge on any atom is 0.414 e. The molecular formula is C23H25FN2O5S. The SMILES string of the molecule is COc1ccc(C(=O)NC[C@H]2CN(c3ccc(C4CCS(=O)CC4)c(F)c3)C(=O)O2)cc1. The second-order valence-electron chi connectivity index (χ2n) is 7.88. The lowest BCUT2D eigenvalue weighted by atomic mass is 9.93. The van der Waals surface area contributed by atoms with Gasteiger partial charge in [-0.2, -0.15) is 0 Å². The van der Waals surface area contributed by atoms with Crippen molar-refractivity contribution in [3.05, 3.63) is 59.4 Å². The van der Waals surface area contributed by atoms with Crippen LogP contribution in [0.4, 0.5) is 14.9 Å². The fraction of sp³-hybridized carbons (Fsp3) is 0.391. The fourth-order valence-corrected chi connectivity index (χ4v) is 5.31. The first-order chi connectivity index (χ1) is 15.4. The number of nitrogens with zero attached hydrogens (tertiary/aromatic N) is 1. The number of ether oxygens (including phenoxy) is 2. The summed E-state index contributed by atoms with van der Waals surface area (Å²) in [6, 6.07) is 11.4. The molecule has 0 saturated carbocycles. The molecule has 0 aliphatic carbocycles. The van der Waals surface area contributed by atoms with Gasteiger partial charge >= 0.3 is 6.09 Å². The van der Waals surface area contributed by atoms with Crippen molar-refractivity contribution in [3.63, 3.8) is 0 Å². The quantitative estimate of drug-likeness (QED) is 0.716. The molecule has 2 aromatic rings. The van der Waals surface area contributed by atoms with E-state index in [1.807, 2.05) is 0 Å². The Bertz CT molecular complexity index is 1020. The van der Waals surface area contributed by atoms with Gasteiger partial charge in [-0.15, -0.1) is 0 Å². The van der Waals surface area contributed by atoms with E-state index in [9.17, 15) is 18.2 Å². The van der Waals surface area contributed by atoms with Gasteiger partial charge in [0.15, 0.2) is 0 Å². The summed E-state index contributed by atoms with van der Waals surface area (Å²) < 4.78 is 36.8. The van der Waals surface area contributed by atoms with Crippen molar-refractivity contribution < 1.29 is 27.7 Å². The molecule has 9 heteroatoms. The van der Waals surface area contributed by atoms with E-state index >= 15 is 0 Å². The van der Waals surface area contributed by atoms with Gasteiger partial charge in [-0.3, -0.25) is 13.9 Å². The Morgan fingerprint density at radius 3 is 2.59 bits per heavy atom. The number of rotatable bonds is 6. The lowest BCUT2D eigenvalue weighted by molar-refractivity contribution is 0.0916. The lowest BCUT2D eigenvalue weighted by Gasteiger charge is -2.23. The monoisotopic (exact) mass is 460 g/mol. The van der Waals surface area contributed by atoms with Crippen molar-refractivity contribution >= 4 is 28.5 Å². The Labute approximate surface area is 188 Å². The van der Waals surface area contributed by atoms with Crippen LogP contribution in [0.25, 0.3) is 0 Å². The summed E-state index contributed by atoms with van der Waals surface area (Å²) in [5.41, 5.74) is 1.48. The molecule has 4 rings (SSSR count). The first kappa shape index (κ1) is 22.3. The normalized spacial score (nSPS) is 23.0. The molecule has 0 unspecified atom stereocenters. The summed E-state index contributed by atoms with van der Waals surface area (Å²) in [7, 11) is 0.746. The van der Waals surface area contributed by atoms with Crippen LogP contribution in [0, 0.1) is 5.82 Å². The van der Waals surface area contributed by atoms with Crippen molar-refractivity contribution in [2.75, 3.05) is 36.6 Å². The summed E-state index contributed by atoms with van der Waals surface area (Å²) >= 11 is 0. The van der Waals surface area contributed by atoms with E-state index in [-0.39, 0.29) is 30.7 Å². The summed E-state index contributed by atoms with van der Waals surface area (Å²) in [5.74, 6) is 1.23. The summed E-state index contributed by atoms with van der Waals surface area (Å²) in [5, 5.41) is 2.76. The molecule has 7 nitrogen and oxygen atoms in total. The lowest BCUT2D eigenvalue weighted by Crippen LogP contribution is -2.34. The smallest absolute Gasteiger partial charge is 0.414 e. The predicted octanol–water partition coefficient (Wildman–Crippen LogP) is 3.22. The molecule has 2 amide bonds. The molecule has 2 aliphatic heterocycles. The van der Waals surface area contributed by atoms with Crippen molar-refractivity contribution in [1.82, 2.24) is 5.32 Å². The molecule has 1 N–H and O–H groups in total. The number of carbonyl (C=O) groups excluding carboxylic acids is 2. The third-order valence-electron chi connectivity index (χ3n) is 5.84. The number of benzene rings is 2. The van der Waals surface area contributed by atoms with Crippen LogP contribution in [-0.2, 0) is 15.5 Å². The van der Waals surface area contributed by atoms with Crippen molar-refractivity contribution in [1.29, 1.82) is 0 Å². The minimum absolute atomic E-state index is 0.0493. The van der Waals surface area contributed by atoms with E-state index < -0.39 is 23.0 Å². The molecule has 2 aromatic carbocycles. The second kappa shape index (κ2) is 9.68. The Morgan fingerprint density at radius 2 is 1.94 bits per heavy atom. The van der Waals surface area contributed by atoms with Crippen LogP contribution in [0.1, 0.15) is 34.7 Å². The van der Waals surface area contributed by atoms with Crippen LogP contribution in [0.3, 0.4) is 0 Å². The second-order valence-corrected chi connectivity index (χ2v) is 9.58. The topological polar surface area (TPSA) is 84.9 Å². The highest BCUT2D eigenvalue weighted by atomic mass is 32.2. The highest BCUT2D eigenvalue weighted by molar-refractivity contribution is 7.85. The predicted molar refractivity (Wildman–Crippen MR) is 119 cm³/mol. The molecule has 2 aliphatic rings. The molecule has 0 aromatic heterocycles. The third-order valence-corrected chi connectivity index (χ3v) is 7.22. The maximum absolute atomic E-state index is 14.8. The van der Waals surface area contributed by atoms with Crippen LogP contribution in [0.15, 0.2) is 42.5 Å². The maximum atomic E-state index is 14.8. The molecule has 2 heterocycles. The largest absolute Gasteiger partial charge is 0.497 e. The molecule has 32 heavy (non-hydrogen) atoms. The van der Waals surface area contributed by atoms with Gasteiger partial charge in [0.05, 0.1) is 25.9 Å². The van der Waals surface area contributed by atoms with E-state index in [1.165, 1.54) is 11.0 Å². The fourth-order valence-electron chi connectivity index (χ4n) is 4.01. The van der Waals surface area contributed by atoms with Gasteiger partial charge in [-0.25, -0.2) is 9.18 Å². The number of nitrogens with one attached hydrogen (secondary N) is 1. The van der Waals surface area contributed by atoms with Crippen molar-refractivity contribution in [3.8, 4) is 5.75 Å². The zero-order chi connectivity index (χ0) is 22.7. The zero-order valence-electron chi connectivity index (χ0n) is 17.7. The van der Waals surface area contributed by atoms with E-state index in [2.05, 4.69) is 5.32 Å². The Hall–Kier alpha value is -2.94. The van der Waals surface area contributed by atoms with Crippen molar-refractivity contribution in [2.24, 2.45) is 0 Å². The Kier molecular flexibility index (Phi) is 6.74. The highest BCUT2D eigenvalue weighted by Crippen LogP contribution is 2.32. The van der Waals surface area contributed by atoms with Crippen LogP contribution in [0.5, 0.6) is 5.75 Å². The minimum Gasteiger partial charge on any atom is -0.497 e. The van der Waals surface area contributed by atoms with Crippen LogP contribution < -0.4 is 15.0 Å². The van der Waals surface area contributed by atoms with Crippen LogP contribution in [0.2, 0.25) is 0 Å². The molecule has 0 bridgehead atoms. The number of amides is 2. The zero-order valence-corrected chi connectivity index (χ0v) is 18.5. The van der Waals surface area contributed by atoms with E-state index in [0.29, 0.717) is 46.9 Å². The molecule has 0 spiro atoms. The van der Waals surface area contributed by atoms with Crippen molar-refractivity contribution in [2.45, 2.75) is 24.9 Å². The van der Waals surface area contributed by atoms with Gasteiger partial charge < -0.3 is 14.8 Å². The van der Waals surface area contributed by atoms with Gasteiger partial charge in [-0.05, 0) is 60.7 Å². The molecule has 0 radical (unpaired) electrons. The van der Waals surface area contributed by atoms with Crippen LogP contribution >= 0.6 is 0 Å². The van der Waals surface area contributed by atoms with E-state index in [1.54, 1.807) is 43.5 Å². The molecule has 2 fully saturated rings. The number of methoxy groups -OCH3 is 1. The minimum atomic E-state index is -0.803. The summed E-state index contributed by atoms with van der Waals surface area (Å²) in [4.78, 5) is 26.0. The number of hydrogen-bond donors (Lipinski definition) is 1. The van der Waals surface area contributed by atoms with Gasteiger partial charge in [0.1, 0.15) is 17.7 Å². The standard InChI is InChI=1S/C23H25FN2O5S/c1-30-18-5-2-16(3-6-18)22(27)25-13-19-14-26(23(28)31-19)17-4-7-20(21(24)12-17)15-8-10-32(29)11-9-15/h2-7,12,15,19H,8-11,13-14H2,1H3,(H,25,27)/t15?,19-,32?/m0/s1. The van der Waals surface area contributed by atoms with E-state index in [4.69, 9.17) is 9.47 Å². The summed E-state index contributed by atoms with van der Waals surface area (Å²) in [6.07, 6.45) is 0.282. The van der Waals surface area contributed by atoms with E-state index in [0.717, 1.165) is 0 Å². The number of carbonyl (C=O) groups is 2. The highest BCUT2D eigenvalue weighted by Gasteiger charge is 2.33. The summed E-state index contributed by atoms with van der Waals surface area (Å²) in [6.45, 7) is 0.357. The molecule has 2 saturated heterocycles. The molecule has 170 valence electrons. The Morgan fingerprint density at radius 1 is 1.22 bits per heavy atom. The van der Waals surface area contributed by atoms with Gasteiger partial charge in [0.25, 0.3) is 5.91 Å². The Balaban J connectivity index is 1.35. The number of cyclic esters (lactones) is 1. The average Bonchev–Trinajstić information content (AvgIpc) is 3.18. The van der Waals surface area contributed by atoms with Gasteiger partial charge in [0, 0.05) is 27.9 Å².